The minimum absolute atomic E-state index is 0.00917. The van der Waals surface area contributed by atoms with Crippen molar-refractivity contribution in [2.24, 2.45) is 7.05 Å². The molecule has 0 aromatic carbocycles. The van der Waals surface area contributed by atoms with Crippen molar-refractivity contribution in [2.75, 3.05) is 0 Å². The summed E-state index contributed by atoms with van der Waals surface area (Å²) in [5, 5.41) is 2.93. The number of hydrogen-bond acceptors (Lipinski definition) is 1. The van der Waals surface area contributed by atoms with E-state index in [0.717, 1.165) is 4.68 Å². The molecular formula is C5H3ClF3IN2. The fraction of sp³-hybridized carbons (Fsp3) is 0.400. The van der Waals surface area contributed by atoms with Crippen molar-refractivity contribution in [3.05, 3.63) is 14.4 Å². The lowest BCUT2D eigenvalue weighted by molar-refractivity contribution is -0.138. The largest absolute Gasteiger partial charge is 0.421 e. The van der Waals surface area contributed by atoms with Gasteiger partial charge < -0.3 is 0 Å². The van der Waals surface area contributed by atoms with Crippen molar-refractivity contribution < 1.29 is 13.2 Å². The van der Waals surface area contributed by atoms with Crippen molar-refractivity contribution in [3.8, 4) is 0 Å². The van der Waals surface area contributed by atoms with Gasteiger partial charge in [0.15, 0.2) is 5.15 Å². The zero-order chi connectivity index (χ0) is 9.52. The van der Waals surface area contributed by atoms with Crippen LogP contribution < -0.4 is 0 Å². The fourth-order valence-corrected chi connectivity index (χ4v) is 1.85. The summed E-state index contributed by atoms with van der Waals surface area (Å²) in [6, 6.07) is 0. The molecule has 0 unspecified atom stereocenters. The minimum Gasteiger partial charge on any atom is -0.260 e. The Morgan fingerprint density at radius 2 is 2.00 bits per heavy atom. The highest BCUT2D eigenvalue weighted by Gasteiger charge is 2.38. The van der Waals surface area contributed by atoms with Gasteiger partial charge >= 0.3 is 6.18 Å². The Hall–Kier alpha value is 0.0200. The summed E-state index contributed by atoms with van der Waals surface area (Å²) in [5.41, 5.74) is -0.868. The number of aromatic nitrogens is 2. The first-order valence-electron chi connectivity index (χ1n) is 2.79. The summed E-state index contributed by atoms with van der Waals surface area (Å²) in [4.78, 5) is 0. The standard InChI is InChI=1S/C5H3ClF3IN2/c1-12-4(10)2(3(6)11-12)5(7,8)9/h1H3. The first-order valence-corrected chi connectivity index (χ1v) is 4.25. The van der Waals surface area contributed by atoms with E-state index in [0.29, 0.717) is 0 Å². The molecule has 12 heavy (non-hydrogen) atoms. The third-order valence-corrected chi connectivity index (χ3v) is 2.72. The molecule has 0 atom stereocenters. The molecule has 0 saturated carbocycles. The van der Waals surface area contributed by atoms with Crippen LogP contribution in [0.2, 0.25) is 5.15 Å². The van der Waals surface area contributed by atoms with Crippen LogP contribution in [0.4, 0.5) is 13.2 Å². The fourth-order valence-electron chi connectivity index (χ4n) is 0.706. The highest BCUT2D eigenvalue weighted by molar-refractivity contribution is 14.1. The van der Waals surface area contributed by atoms with E-state index in [4.69, 9.17) is 11.6 Å². The maximum absolute atomic E-state index is 12.2. The van der Waals surface area contributed by atoms with E-state index in [-0.39, 0.29) is 3.70 Å². The molecule has 1 aromatic rings. The molecule has 0 bridgehead atoms. The Kier molecular flexibility index (Phi) is 2.57. The predicted octanol–water partition coefficient (Wildman–Crippen LogP) is 2.70. The van der Waals surface area contributed by atoms with Crippen LogP contribution in [-0.2, 0) is 13.2 Å². The van der Waals surface area contributed by atoms with Crippen molar-refractivity contribution in [1.29, 1.82) is 0 Å². The van der Waals surface area contributed by atoms with E-state index >= 15 is 0 Å². The molecule has 0 saturated heterocycles. The van der Waals surface area contributed by atoms with Crippen molar-refractivity contribution >= 4 is 34.2 Å². The zero-order valence-electron chi connectivity index (χ0n) is 5.78. The van der Waals surface area contributed by atoms with E-state index < -0.39 is 16.9 Å². The number of alkyl halides is 3. The highest BCUT2D eigenvalue weighted by Crippen LogP contribution is 2.36. The molecule has 0 aliphatic heterocycles. The van der Waals surface area contributed by atoms with Gasteiger partial charge in [0, 0.05) is 7.05 Å². The Morgan fingerprint density at radius 1 is 1.50 bits per heavy atom. The summed E-state index contributed by atoms with van der Waals surface area (Å²) in [7, 11) is 1.41. The average Bonchev–Trinajstić information content (AvgIpc) is 2.05. The third kappa shape index (κ3) is 1.68. The molecule has 0 amide bonds. The zero-order valence-corrected chi connectivity index (χ0v) is 8.70. The third-order valence-electron chi connectivity index (χ3n) is 1.22. The second-order valence-electron chi connectivity index (χ2n) is 2.08. The molecule has 0 N–H and O–H groups in total. The topological polar surface area (TPSA) is 17.8 Å². The maximum Gasteiger partial charge on any atom is 0.421 e. The van der Waals surface area contributed by atoms with E-state index in [9.17, 15) is 13.2 Å². The van der Waals surface area contributed by atoms with E-state index in [1.54, 1.807) is 22.6 Å². The summed E-state index contributed by atoms with van der Waals surface area (Å²) in [6.45, 7) is 0. The number of aryl methyl sites for hydroxylation is 1. The first-order chi connectivity index (χ1) is 5.34. The van der Waals surface area contributed by atoms with Gasteiger partial charge in [0.25, 0.3) is 0 Å². The van der Waals surface area contributed by atoms with Crippen LogP contribution in [0.3, 0.4) is 0 Å². The van der Waals surface area contributed by atoms with Crippen molar-refractivity contribution in [3.63, 3.8) is 0 Å². The van der Waals surface area contributed by atoms with Crippen LogP contribution in [-0.4, -0.2) is 9.78 Å². The first kappa shape index (κ1) is 10.1. The Labute approximate surface area is 84.8 Å². The van der Waals surface area contributed by atoms with Crippen LogP contribution in [0.5, 0.6) is 0 Å². The van der Waals surface area contributed by atoms with Gasteiger partial charge in [0.1, 0.15) is 9.26 Å². The summed E-state index contributed by atoms with van der Waals surface area (Å²) < 4.78 is 37.6. The Balaban J connectivity index is 3.32. The number of rotatable bonds is 0. The molecule has 2 nitrogen and oxygen atoms in total. The van der Waals surface area contributed by atoms with Gasteiger partial charge in [-0.05, 0) is 22.6 Å². The second-order valence-corrected chi connectivity index (χ2v) is 3.46. The van der Waals surface area contributed by atoms with Crippen LogP contribution in [0, 0.1) is 3.70 Å². The summed E-state index contributed by atoms with van der Waals surface area (Å²) in [5.74, 6) is 0. The van der Waals surface area contributed by atoms with Gasteiger partial charge in [-0.3, -0.25) is 4.68 Å². The maximum atomic E-state index is 12.2. The smallest absolute Gasteiger partial charge is 0.260 e. The molecule has 0 fully saturated rings. The van der Waals surface area contributed by atoms with E-state index in [1.165, 1.54) is 7.05 Å². The quantitative estimate of drug-likeness (QED) is 0.674. The minimum atomic E-state index is -4.43. The van der Waals surface area contributed by atoms with E-state index in [2.05, 4.69) is 5.10 Å². The Bertz CT molecular complexity index is 306. The molecular weight excluding hydrogens is 307 g/mol. The normalized spacial score (nSPS) is 12.2. The van der Waals surface area contributed by atoms with Crippen molar-refractivity contribution in [1.82, 2.24) is 9.78 Å². The lowest BCUT2D eigenvalue weighted by Crippen LogP contribution is -2.07. The lowest BCUT2D eigenvalue weighted by atomic mass is 10.3. The molecule has 0 aliphatic rings. The van der Waals surface area contributed by atoms with Crippen LogP contribution in [0.25, 0.3) is 0 Å². The summed E-state index contributed by atoms with van der Waals surface area (Å²) >= 11 is 6.83. The molecule has 0 spiro atoms. The monoisotopic (exact) mass is 310 g/mol. The molecule has 0 radical (unpaired) electrons. The summed E-state index contributed by atoms with van der Waals surface area (Å²) in [6.07, 6.45) is -4.43. The van der Waals surface area contributed by atoms with Crippen molar-refractivity contribution in [2.45, 2.75) is 6.18 Å². The molecule has 68 valence electrons. The van der Waals surface area contributed by atoms with Gasteiger partial charge in [-0.2, -0.15) is 18.3 Å². The van der Waals surface area contributed by atoms with Gasteiger partial charge in [0.05, 0.1) is 0 Å². The number of nitrogens with zero attached hydrogens (tertiary/aromatic N) is 2. The molecule has 1 heterocycles. The van der Waals surface area contributed by atoms with Crippen LogP contribution in [0.1, 0.15) is 5.56 Å². The lowest BCUT2D eigenvalue weighted by Gasteiger charge is -2.03. The van der Waals surface area contributed by atoms with Crippen LogP contribution >= 0.6 is 34.2 Å². The molecule has 7 heteroatoms. The average molecular weight is 310 g/mol. The van der Waals surface area contributed by atoms with Crippen LogP contribution in [0.15, 0.2) is 0 Å². The SMILES string of the molecule is Cn1nc(Cl)c(C(F)(F)F)c1I. The predicted molar refractivity (Wildman–Crippen MR) is 45.9 cm³/mol. The van der Waals surface area contributed by atoms with Gasteiger partial charge in [-0.1, -0.05) is 11.6 Å². The van der Waals surface area contributed by atoms with Gasteiger partial charge in [0.2, 0.25) is 0 Å². The molecule has 0 aliphatic carbocycles. The molecule has 1 rings (SSSR count). The Morgan fingerprint density at radius 3 is 2.17 bits per heavy atom. The van der Waals surface area contributed by atoms with Gasteiger partial charge in [-0.25, -0.2) is 0 Å². The number of hydrogen-bond donors (Lipinski definition) is 0. The molecule has 1 aromatic heterocycles. The second kappa shape index (κ2) is 3.06. The number of halogens is 5. The highest BCUT2D eigenvalue weighted by atomic mass is 127. The van der Waals surface area contributed by atoms with E-state index in [1.807, 2.05) is 0 Å². The van der Waals surface area contributed by atoms with Gasteiger partial charge in [-0.15, -0.1) is 0 Å².